The molecule has 1 amide bonds. The second kappa shape index (κ2) is 11.0. The number of nitrogens with zero attached hydrogens (tertiary/aromatic N) is 2. The van der Waals surface area contributed by atoms with E-state index in [1.807, 2.05) is 37.3 Å². The minimum Gasteiger partial charge on any atom is -0.494 e. The van der Waals surface area contributed by atoms with Crippen molar-refractivity contribution < 1.29 is 27.5 Å². The highest BCUT2D eigenvalue weighted by atomic mass is 32.2. The Morgan fingerprint density at radius 2 is 1.61 bits per heavy atom. The maximum Gasteiger partial charge on any atom is 0.338 e. The lowest BCUT2D eigenvalue weighted by atomic mass is 10.1. The smallest absolute Gasteiger partial charge is 0.338 e. The molecular weight excluding hydrogens is 500 g/mol. The van der Waals surface area contributed by atoms with Gasteiger partial charge in [0.1, 0.15) is 11.0 Å². The maximum absolute atomic E-state index is 13.5. The predicted molar refractivity (Wildman–Crippen MR) is 139 cm³/mol. The molecule has 1 aliphatic heterocycles. The second-order valence-corrected chi connectivity index (χ2v) is 10.3. The minimum absolute atomic E-state index is 0.0200. The molecule has 0 spiro atoms. The number of sulfonamides is 1. The van der Waals surface area contributed by atoms with Crippen LogP contribution in [-0.2, 0) is 19.6 Å². The molecule has 0 radical (unpaired) electrons. The molecular formula is C26H24N2O6S2. The van der Waals surface area contributed by atoms with E-state index >= 15 is 0 Å². The molecule has 10 heteroatoms. The average Bonchev–Trinajstić information content (AvgIpc) is 3.20. The van der Waals surface area contributed by atoms with Crippen molar-refractivity contribution in [3.63, 3.8) is 0 Å². The van der Waals surface area contributed by atoms with Gasteiger partial charge in [-0.2, -0.15) is 8.42 Å². The van der Waals surface area contributed by atoms with Gasteiger partial charge in [0.15, 0.2) is 5.17 Å². The molecule has 1 atom stereocenters. The number of benzene rings is 3. The van der Waals surface area contributed by atoms with Gasteiger partial charge in [-0.1, -0.05) is 42.1 Å². The zero-order valence-corrected chi connectivity index (χ0v) is 21.3. The fourth-order valence-electron chi connectivity index (χ4n) is 3.55. The van der Waals surface area contributed by atoms with E-state index in [0.29, 0.717) is 23.6 Å². The van der Waals surface area contributed by atoms with Crippen molar-refractivity contribution in [1.29, 1.82) is 0 Å². The summed E-state index contributed by atoms with van der Waals surface area (Å²) in [6.07, 6.45) is 0. The van der Waals surface area contributed by atoms with Gasteiger partial charge in [0.05, 0.1) is 29.4 Å². The van der Waals surface area contributed by atoms with Crippen LogP contribution >= 0.6 is 11.8 Å². The van der Waals surface area contributed by atoms with E-state index in [1.54, 1.807) is 31.2 Å². The first-order valence-electron chi connectivity index (χ1n) is 11.2. The Balaban J connectivity index is 1.73. The first-order valence-corrected chi connectivity index (χ1v) is 13.6. The standard InChI is InChI=1S/C26H24N2O6S2/c1-3-33-21-14-16-22(17-15-21)36(31,32)27-26-28(20-12-10-19(11-13-20)25(30)34-4-2)24(29)23(35-26)18-8-6-5-7-9-18/h5-17,23H,3-4H2,1-2H3/b27-26-. The molecule has 0 aromatic heterocycles. The topological polar surface area (TPSA) is 102 Å². The van der Waals surface area contributed by atoms with E-state index in [1.165, 1.54) is 29.2 Å². The van der Waals surface area contributed by atoms with Crippen LogP contribution in [0.5, 0.6) is 5.75 Å². The number of thioether (sulfide) groups is 1. The van der Waals surface area contributed by atoms with Crippen LogP contribution < -0.4 is 9.64 Å². The van der Waals surface area contributed by atoms with Crippen LogP contribution in [0.25, 0.3) is 0 Å². The number of carbonyl (C=O) groups excluding carboxylic acids is 2. The van der Waals surface area contributed by atoms with Crippen LogP contribution in [0.1, 0.15) is 35.0 Å². The quantitative estimate of drug-likeness (QED) is 0.389. The molecule has 0 N–H and O–H groups in total. The molecule has 1 aliphatic rings. The Morgan fingerprint density at radius 1 is 0.944 bits per heavy atom. The Bertz CT molecular complexity index is 1370. The first kappa shape index (κ1) is 25.5. The van der Waals surface area contributed by atoms with E-state index < -0.39 is 21.2 Å². The van der Waals surface area contributed by atoms with Crippen LogP contribution in [0.2, 0.25) is 0 Å². The lowest BCUT2D eigenvalue weighted by Gasteiger charge is -2.17. The second-order valence-electron chi connectivity index (χ2n) is 7.60. The third-order valence-electron chi connectivity index (χ3n) is 5.23. The third-order valence-corrected chi connectivity index (χ3v) is 7.82. The molecule has 3 aromatic rings. The molecule has 0 saturated carbocycles. The van der Waals surface area contributed by atoms with Gasteiger partial charge in [-0.15, -0.1) is 4.40 Å². The molecule has 186 valence electrons. The zero-order chi connectivity index (χ0) is 25.7. The average molecular weight is 525 g/mol. The Labute approximate surface area is 214 Å². The Hall–Kier alpha value is -3.63. The number of esters is 1. The monoisotopic (exact) mass is 524 g/mol. The number of amidine groups is 1. The van der Waals surface area contributed by atoms with Crippen LogP contribution in [0.15, 0.2) is 88.2 Å². The van der Waals surface area contributed by atoms with Gasteiger partial charge in [-0.05, 0) is 67.9 Å². The number of anilines is 1. The lowest BCUT2D eigenvalue weighted by Crippen LogP contribution is -2.30. The lowest BCUT2D eigenvalue weighted by molar-refractivity contribution is -0.117. The normalized spacial score (nSPS) is 16.8. The van der Waals surface area contributed by atoms with Crippen LogP contribution in [0.3, 0.4) is 0 Å². The summed E-state index contributed by atoms with van der Waals surface area (Å²) in [5, 5.41) is -0.656. The molecule has 0 bridgehead atoms. The summed E-state index contributed by atoms with van der Waals surface area (Å²) in [6, 6.07) is 21.2. The molecule has 0 aliphatic carbocycles. The summed E-state index contributed by atoms with van der Waals surface area (Å²) < 4.78 is 40.8. The van der Waals surface area contributed by atoms with E-state index in [0.717, 1.165) is 17.3 Å². The Morgan fingerprint density at radius 3 is 2.22 bits per heavy atom. The molecule has 1 fully saturated rings. The van der Waals surface area contributed by atoms with E-state index in [2.05, 4.69) is 4.40 Å². The van der Waals surface area contributed by atoms with Gasteiger partial charge in [-0.25, -0.2) is 4.79 Å². The largest absolute Gasteiger partial charge is 0.494 e. The van der Waals surface area contributed by atoms with Gasteiger partial charge in [0.25, 0.3) is 15.9 Å². The van der Waals surface area contributed by atoms with Gasteiger partial charge >= 0.3 is 5.97 Å². The number of hydrogen-bond acceptors (Lipinski definition) is 7. The molecule has 36 heavy (non-hydrogen) atoms. The number of ether oxygens (including phenoxy) is 2. The van der Waals surface area contributed by atoms with Crippen molar-refractivity contribution in [3.8, 4) is 5.75 Å². The van der Waals surface area contributed by atoms with Crippen molar-refractivity contribution in [2.75, 3.05) is 18.1 Å². The molecule has 8 nitrogen and oxygen atoms in total. The summed E-state index contributed by atoms with van der Waals surface area (Å²) in [5.41, 5.74) is 1.43. The highest BCUT2D eigenvalue weighted by molar-refractivity contribution is 8.16. The van der Waals surface area contributed by atoms with Gasteiger partial charge in [0, 0.05) is 0 Å². The van der Waals surface area contributed by atoms with Gasteiger partial charge < -0.3 is 9.47 Å². The van der Waals surface area contributed by atoms with E-state index in [4.69, 9.17) is 9.47 Å². The van der Waals surface area contributed by atoms with Crippen LogP contribution in [-0.4, -0.2) is 38.7 Å². The maximum atomic E-state index is 13.5. The third kappa shape index (κ3) is 5.44. The molecule has 4 rings (SSSR count). The summed E-state index contributed by atoms with van der Waals surface area (Å²) >= 11 is 1.06. The molecule has 1 unspecified atom stereocenters. The number of amides is 1. The SMILES string of the molecule is CCOC(=O)c1ccc(N2C(=O)C(c3ccccc3)S/C2=N\S(=O)(=O)c2ccc(OCC)cc2)cc1. The minimum atomic E-state index is -4.13. The fraction of sp³-hybridized carbons (Fsp3) is 0.192. The van der Waals surface area contributed by atoms with Crippen molar-refractivity contribution in [3.05, 3.63) is 90.0 Å². The van der Waals surface area contributed by atoms with Crippen molar-refractivity contribution in [2.45, 2.75) is 24.0 Å². The summed E-state index contributed by atoms with van der Waals surface area (Å²) in [7, 11) is -4.13. The Kier molecular flexibility index (Phi) is 7.76. The van der Waals surface area contributed by atoms with Crippen molar-refractivity contribution >= 4 is 44.5 Å². The summed E-state index contributed by atoms with van der Waals surface area (Å²) in [4.78, 5) is 26.8. The highest BCUT2D eigenvalue weighted by Crippen LogP contribution is 2.42. The zero-order valence-electron chi connectivity index (χ0n) is 19.7. The molecule has 3 aromatic carbocycles. The van der Waals surface area contributed by atoms with E-state index in [-0.39, 0.29) is 22.6 Å². The van der Waals surface area contributed by atoms with E-state index in [9.17, 15) is 18.0 Å². The number of hydrogen-bond donors (Lipinski definition) is 0. The number of rotatable bonds is 8. The van der Waals surface area contributed by atoms with Crippen molar-refractivity contribution in [2.24, 2.45) is 4.40 Å². The van der Waals surface area contributed by atoms with Crippen LogP contribution in [0.4, 0.5) is 5.69 Å². The summed E-state index contributed by atoms with van der Waals surface area (Å²) in [5.74, 6) is -0.280. The highest BCUT2D eigenvalue weighted by Gasteiger charge is 2.41. The summed E-state index contributed by atoms with van der Waals surface area (Å²) in [6.45, 7) is 4.24. The predicted octanol–water partition coefficient (Wildman–Crippen LogP) is 4.83. The van der Waals surface area contributed by atoms with Gasteiger partial charge in [0.2, 0.25) is 0 Å². The number of carbonyl (C=O) groups is 2. The van der Waals surface area contributed by atoms with Crippen molar-refractivity contribution in [1.82, 2.24) is 0 Å². The molecule has 1 saturated heterocycles. The van der Waals surface area contributed by atoms with Gasteiger partial charge in [-0.3, -0.25) is 9.69 Å². The fourth-order valence-corrected chi connectivity index (χ4v) is 5.90. The van der Waals surface area contributed by atoms with Crippen LogP contribution in [0, 0.1) is 0 Å². The first-order chi connectivity index (χ1) is 17.3. The molecule has 1 heterocycles.